The highest BCUT2D eigenvalue weighted by Gasteiger charge is 2.10. The molecular formula is C16H25N3O. The minimum atomic E-state index is 0.102. The molecule has 20 heavy (non-hydrogen) atoms. The summed E-state index contributed by atoms with van der Waals surface area (Å²) in [7, 11) is 0. The second-order valence-corrected chi connectivity index (χ2v) is 5.22. The Balaban J connectivity index is 1.77. The van der Waals surface area contributed by atoms with Gasteiger partial charge in [0.15, 0.2) is 0 Å². The van der Waals surface area contributed by atoms with E-state index in [-0.39, 0.29) is 5.91 Å². The number of nitrogens with zero attached hydrogens (tertiary/aromatic N) is 1. The van der Waals surface area contributed by atoms with Crippen LogP contribution >= 0.6 is 0 Å². The van der Waals surface area contributed by atoms with Crippen molar-refractivity contribution in [2.45, 2.75) is 32.6 Å². The van der Waals surface area contributed by atoms with E-state index in [1.54, 1.807) is 0 Å². The van der Waals surface area contributed by atoms with Crippen LogP contribution in [0, 0.1) is 0 Å². The van der Waals surface area contributed by atoms with Gasteiger partial charge in [-0.2, -0.15) is 0 Å². The summed E-state index contributed by atoms with van der Waals surface area (Å²) < 4.78 is 0. The maximum Gasteiger partial charge on any atom is 0.221 e. The molecule has 1 aliphatic rings. The van der Waals surface area contributed by atoms with Crippen LogP contribution in [0.15, 0.2) is 24.3 Å². The molecule has 2 rings (SSSR count). The Morgan fingerprint density at radius 3 is 2.50 bits per heavy atom. The van der Waals surface area contributed by atoms with E-state index >= 15 is 0 Å². The van der Waals surface area contributed by atoms with E-state index in [1.807, 2.05) is 6.92 Å². The van der Waals surface area contributed by atoms with E-state index in [2.05, 4.69) is 39.8 Å². The van der Waals surface area contributed by atoms with Gasteiger partial charge < -0.3 is 15.5 Å². The van der Waals surface area contributed by atoms with E-state index in [0.29, 0.717) is 19.5 Å². The second kappa shape index (κ2) is 7.78. The molecule has 0 unspecified atom stereocenters. The van der Waals surface area contributed by atoms with Crippen molar-refractivity contribution in [2.75, 3.05) is 36.4 Å². The molecule has 4 heteroatoms. The smallest absolute Gasteiger partial charge is 0.221 e. The third-order valence-electron chi connectivity index (χ3n) is 3.64. The fourth-order valence-corrected chi connectivity index (χ4v) is 2.55. The summed E-state index contributed by atoms with van der Waals surface area (Å²) in [5, 5.41) is 6.08. The first-order valence-electron chi connectivity index (χ1n) is 7.65. The van der Waals surface area contributed by atoms with Crippen LogP contribution in [0.25, 0.3) is 0 Å². The SMILES string of the molecule is CCNC(=O)CCNc1ccc(N2CCCCC2)cc1. The molecule has 2 N–H and O–H groups in total. The summed E-state index contributed by atoms with van der Waals surface area (Å²) in [4.78, 5) is 13.8. The van der Waals surface area contributed by atoms with Crippen LogP contribution in [0.2, 0.25) is 0 Å². The number of hydrogen-bond acceptors (Lipinski definition) is 3. The van der Waals surface area contributed by atoms with Gasteiger partial charge in [0, 0.05) is 44.0 Å². The lowest BCUT2D eigenvalue weighted by Gasteiger charge is -2.28. The standard InChI is InChI=1S/C16H25N3O/c1-2-17-16(20)10-11-18-14-6-8-15(9-7-14)19-12-4-3-5-13-19/h6-9,18H,2-5,10-13H2,1H3,(H,17,20). The summed E-state index contributed by atoms with van der Waals surface area (Å²) in [6.45, 7) is 5.65. The van der Waals surface area contributed by atoms with E-state index in [1.165, 1.54) is 38.0 Å². The molecule has 0 saturated carbocycles. The molecule has 1 amide bonds. The largest absolute Gasteiger partial charge is 0.385 e. The predicted molar refractivity (Wildman–Crippen MR) is 84.3 cm³/mol. The number of nitrogens with one attached hydrogen (secondary N) is 2. The zero-order chi connectivity index (χ0) is 14.2. The van der Waals surface area contributed by atoms with Gasteiger partial charge in [0.2, 0.25) is 5.91 Å². The molecule has 0 aliphatic carbocycles. The first-order valence-corrected chi connectivity index (χ1v) is 7.65. The number of carbonyl (C=O) groups is 1. The Labute approximate surface area is 121 Å². The molecule has 110 valence electrons. The quantitative estimate of drug-likeness (QED) is 0.839. The Hall–Kier alpha value is -1.71. The average molecular weight is 275 g/mol. The Bertz CT molecular complexity index is 410. The van der Waals surface area contributed by atoms with Gasteiger partial charge in [0.05, 0.1) is 0 Å². The molecule has 0 bridgehead atoms. The molecular weight excluding hydrogens is 250 g/mol. The highest BCUT2D eigenvalue weighted by Crippen LogP contribution is 2.21. The van der Waals surface area contributed by atoms with Crippen LogP contribution < -0.4 is 15.5 Å². The van der Waals surface area contributed by atoms with Crippen LogP contribution in [-0.4, -0.2) is 32.1 Å². The molecule has 1 heterocycles. The molecule has 1 aromatic rings. The zero-order valence-corrected chi connectivity index (χ0v) is 12.3. The molecule has 0 atom stereocenters. The molecule has 1 fully saturated rings. The van der Waals surface area contributed by atoms with Crippen molar-refractivity contribution in [1.82, 2.24) is 5.32 Å². The molecule has 4 nitrogen and oxygen atoms in total. The fraction of sp³-hybridized carbons (Fsp3) is 0.562. The lowest BCUT2D eigenvalue weighted by molar-refractivity contribution is -0.120. The van der Waals surface area contributed by atoms with Crippen LogP contribution in [0.4, 0.5) is 11.4 Å². The molecule has 1 saturated heterocycles. The predicted octanol–water partition coefficient (Wildman–Crippen LogP) is 2.62. The summed E-state index contributed by atoms with van der Waals surface area (Å²) in [5.41, 5.74) is 2.38. The van der Waals surface area contributed by atoms with Crippen molar-refractivity contribution in [3.8, 4) is 0 Å². The van der Waals surface area contributed by atoms with Crippen molar-refractivity contribution in [1.29, 1.82) is 0 Å². The monoisotopic (exact) mass is 275 g/mol. The van der Waals surface area contributed by atoms with Crippen LogP contribution in [-0.2, 0) is 4.79 Å². The van der Waals surface area contributed by atoms with Crippen molar-refractivity contribution >= 4 is 17.3 Å². The van der Waals surface area contributed by atoms with Gasteiger partial charge in [-0.05, 0) is 50.5 Å². The van der Waals surface area contributed by atoms with Gasteiger partial charge in [-0.15, -0.1) is 0 Å². The van der Waals surface area contributed by atoms with Crippen LogP contribution in [0.5, 0.6) is 0 Å². The Morgan fingerprint density at radius 1 is 1.15 bits per heavy atom. The second-order valence-electron chi connectivity index (χ2n) is 5.22. The van der Waals surface area contributed by atoms with E-state index < -0.39 is 0 Å². The van der Waals surface area contributed by atoms with Crippen LogP contribution in [0.1, 0.15) is 32.6 Å². The summed E-state index contributed by atoms with van der Waals surface area (Å²) in [6, 6.07) is 8.53. The number of hydrogen-bond donors (Lipinski definition) is 2. The van der Waals surface area contributed by atoms with E-state index in [4.69, 9.17) is 0 Å². The minimum absolute atomic E-state index is 0.102. The topological polar surface area (TPSA) is 44.4 Å². The fourth-order valence-electron chi connectivity index (χ4n) is 2.55. The normalized spacial score (nSPS) is 14.9. The first-order chi connectivity index (χ1) is 9.79. The number of carbonyl (C=O) groups excluding carboxylic acids is 1. The highest BCUT2D eigenvalue weighted by molar-refractivity contribution is 5.76. The Kier molecular flexibility index (Phi) is 5.71. The number of anilines is 2. The van der Waals surface area contributed by atoms with Gasteiger partial charge >= 0.3 is 0 Å². The molecule has 1 aromatic carbocycles. The van der Waals surface area contributed by atoms with Crippen LogP contribution in [0.3, 0.4) is 0 Å². The van der Waals surface area contributed by atoms with Crippen molar-refractivity contribution in [2.24, 2.45) is 0 Å². The van der Waals surface area contributed by atoms with Gasteiger partial charge in [-0.3, -0.25) is 4.79 Å². The van der Waals surface area contributed by atoms with Crippen molar-refractivity contribution < 1.29 is 4.79 Å². The minimum Gasteiger partial charge on any atom is -0.385 e. The third kappa shape index (κ3) is 4.44. The lowest BCUT2D eigenvalue weighted by Crippen LogP contribution is -2.29. The van der Waals surface area contributed by atoms with Gasteiger partial charge in [0.1, 0.15) is 0 Å². The summed E-state index contributed by atoms with van der Waals surface area (Å²) in [6.07, 6.45) is 4.47. The summed E-state index contributed by atoms with van der Waals surface area (Å²) in [5.74, 6) is 0.102. The summed E-state index contributed by atoms with van der Waals surface area (Å²) >= 11 is 0. The number of piperidine rings is 1. The van der Waals surface area contributed by atoms with E-state index in [9.17, 15) is 4.79 Å². The molecule has 0 radical (unpaired) electrons. The molecule has 0 aromatic heterocycles. The lowest BCUT2D eigenvalue weighted by atomic mass is 10.1. The highest BCUT2D eigenvalue weighted by atomic mass is 16.1. The maximum absolute atomic E-state index is 11.3. The van der Waals surface area contributed by atoms with Gasteiger partial charge in [-0.1, -0.05) is 0 Å². The van der Waals surface area contributed by atoms with Gasteiger partial charge in [-0.25, -0.2) is 0 Å². The molecule has 1 aliphatic heterocycles. The number of benzene rings is 1. The van der Waals surface area contributed by atoms with Crippen molar-refractivity contribution in [3.63, 3.8) is 0 Å². The zero-order valence-electron chi connectivity index (χ0n) is 12.3. The van der Waals surface area contributed by atoms with Gasteiger partial charge in [0.25, 0.3) is 0 Å². The van der Waals surface area contributed by atoms with E-state index in [0.717, 1.165) is 5.69 Å². The first kappa shape index (κ1) is 14.7. The number of rotatable bonds is 6. The average Bonchev–Trinajstić information content (AvgIpc) is 2.49. The number of amides is 1. The third-order valence-corrected chi connectivity index (χ3v) is 3.64. The van der Waals surface area contributed by atoms with Crippen molar-refractivity contribution in [3.05, 3.63) is 24.3 Å². The Morgan fingerprint density at radius 2 is 1.85 bits per heavy atom. The molecule has 0 spiro atoms. The maximum atomic E-state index is 11.3.